The number of methoxy groups -OCH3 is 2. The van der Waals surface area contributed by atoms with Crippen LogP contribution in [-0.2, 0) is 6.18 Å². The first-order valence-corrected chi connectivity index (χ1v) is 8.82. The Balaban J connectivity index is 1.82. The van der Waals surface area contributed by atoms with E-state index in [0.717, 1.165) is 12.1 Å². The van der Waals surface area contributed by atoms with Gasteiger partial charge in [0, 0.05) is 18.5 Å². The lowest BCUT2D eigenvalue weighted by atomic mass is 10.1. The van der Waals surface area contributed by atoms with Crippen molar-refractivity contribution in [3.05, 3.63) is 48.3 Å². The average molecular weight is 437 g/mol. The Bertz CT molecular complexity index is 1060. The van der Waals surface area contributed by atoms with E-state index in [1.807, 2.05) is 0 Å². The van der Waals surface area contributed by atoms with Gasteiger partial charge in [-0.25, -0.2) is 19.7 Å². The number of aromatic nitrogens is 5. The summed E-state index contributed by atoms with van der Waals surface area (Å²) in [5.74, 6) is 0.415. The summed E-state index contributed by atoms with van der Waals surface area (Å²) in [6.45, 7) is 1.59. The summed E-state index contributed by atoms with van der Waals surface area (Å²) in [5, 5.41) is 8.73. The second kappa shape index (κ2) is 8.85. The molecule has 0 aliphatic rings. The van der Waals surface area contributed by atoms with Crippen LogP contribution in [0.4, 0.5) is 23.7 Å². The Labute approximate surface area is 174 Å². The lowest BCUT2D eigenvalue weighted by Gasteiger charge is -2.19. The molecule has 2 aromatic heterocycles. The molecule has 2 amide bonds. The van der Waals surface area contributed by atoms with Gasteiger partial charge < -0.3 is 20.1 Å². The van der Waals surface area contributed by atoms with Crippen molar-refractivity contribution in [2.24, 2.45) is 0 Å². The van der Waals surface area contributed by atoms with E-state index in [9.17, 15) is 18.0 Å². The van der Waals surface area contributed by atoms with Gasteiger partial charge in [-0.05, 0) is 19.1 Å². The van der Waals surface area contributed by atoms with Crippen molar-refractivity contribution in [2.45, 2.75) is 19.1 Å². The molecule has 2 N–H and O–H groups in total. The highest BCUT2D eigenvalue weighted by atomic mass is 19.4. The summed E-state index contributed by atoms with van der Waals surface area (Å²) >= 11 is 0. The van der Waals surface area contributed by atoms with Crippen LogP contribution in [0.2, 0.25) is 0 Å². The Morgan fingerprint density at radius 2 is 1.74 bits per heavy atom. The van der Waals surface area contributed by atoms with Crippen molar-refractivity contribution in [3.8, 4) is 17.4 Å². The van der Waals surface area contributed by atoms with Gasteiger partial charge in [-0.2, -0.15) is 23.0 Å². The molecule has 3 aromatic rings. The molecule has 0 aliphatic heterocycles. The van der Waals surface area contributed by atoms with Crippen molar-refractivity contribution >= 4 is 11.7 Å². The van der Waals surface area contributed by atoms with Crippen LogP contribution < -0.4 is 20.1 Å². The second-order valence-corrected chi connectivity index (χ2v) is 6.15. The molecule has 2 heterocycles. The Hall–Kier alpha value is -3.90. The lowest BCUT2D eigenvalue weighted by molar-refractivity contribution is -0.137. The number of anilines is 1. The van der Waals surface area contributed by atoms with Crippen molar-refractivity contribution in [2.75, 3.05) is 19.5 Å². The monoisotopic (exact) mass is 437 g/mol. The Morgan fingerprint density at radius 3 is 2.35 bits per heavy atom. The van der Waals surface area contributed by atoms with Crippen LogP contribution in [-0.4, -0.2) is 45.0 Å². The third kappa shape index (κ3) is 4.82. The Kier molecular flexibility index (Phi) is 6.22. The number of carbonyl (C=O) groups excluding carboxylic acids is 1. The molecule has 0 saturated heterocycles. The van der Waals surface area contributed by atoms with E-state index in [4.69, 9.17) is 9.47 Å². The van der Waals surface area contributed by atoms with Crippen LogP contribution in [0.3, 0.4) is 0 Å². The van der Waals surface area contributed by atoms with Gasteiger partial charge in [0.05, 0.1) is 31.5 Å². The molecular weight excluding hydrogens is 419 g/mol. The van der Waals surface area contributed by atoms with Gasteiger partial charge in [0.1, 0.15) is 6.33 Å². The van der Waals surface area contributed by atoms with Crippen molar-refractivity contribution in [1.82, 2.24) is 30.0 Å². The molecule has 0 aliphatic carbocycles. The third-order valence-electron chi connectivity index (χ3n) is 4.13. The van der Waals surface area contributed by atoms with Crippen molar-refractivity contribution < 1.29 is 27.4 Å². The molecule has 13 heteroatoms. The molecule has 0 spiro atoms. The zero-order valence-corrected chi connectivity index (χ0v) is 16.6. The van der Waals surface area contributed by atoms with Gasteiger partial charge in [-0.1, -0.05) is 0 Å². The highest BCUT2D eigenvalue weighted by Crippen LogP contribution is 2.41. The van der Waals surface area contributed by atoms with Crippen LogP contribution in [0, 0.1) is 0 Å². The van der Waals surface area contributed by atoms with Crippen LogP contribution >= 0.6 is 0 Å². The molecule has 0 unspecified atom stereocenters. The molecule has 10 nitrogen and oxygen atoms in total. The van der Waals surface area contributed by atoms with E-state index in [1.54, 1.807) is 13.0 Å². The highest BCUT2D eigenvalue weighted by Gasteiger charge is 2.35. The molecule has 164 valence electrons. The van der Waals surface area contributed by atoms with Crippen molar-refractivity contribution in [3.63, 3.8) is 0 Å². The maximum Gasteiger partial charge on any atom is 0.418 e. The molecular formula is C18H18F3N7O3. The molecule has 3 rings (SSSR count). The van der Waals surface area contributed by atoms with E-state index in [2.05, 4.69) is 30.7 Å². The summed E-state index contributed by atoms with van der Waals surface area (Å²) in [6.07, 6.45) is -0.473. The highest BCUT2D eigenvalue weighted by molar-refractivity contribution is 5.91. The standard InChI is InChI=1S/C18H18F3N7O3/c1-10(15-24-9-25-28(15)16-22-5-4-6-23-16)26-17(29)27-12-8-14(31-3)13(30-2)7-11(12)18(19,20)21/h4-10H,1-3H3,(H2,26,27,29)/t10-/m0/s1. The number of nitrogens with one attached hydrogen (secondary N) is 2. The summed E-state index contributed by atoms with van der Waals surface area (Å²) in [5.41, 5.74) is -1.59. The normalized spacial score (nSPS) is 12.2. The number of hydrogen-bond donors (Lipinski definition) is 2. The van der Waals surface area contributed by atoms with Gasteiger partial charge in [0.2, 0.25) is 0 Å². The van der Waals surface area contributed by atoms with Crippen molar-refractivity contribution in [1.29, 1.82) is 0 Å². The predicted octanol–water partition coefficient (Wildman–Crippen LogP) is 2.98. The first kappa shape index (κ1) is 21.8. The fourth-order valence-electron chi connectivity index (χ4n) is 2.74. The first-order chi connectivity index (χ1) is 14.7. The molecule has 0 saturated carbocycles. The van der Waals surface area contributed by atoms with Gasteiger partial charge in [0.25, 0.3) is 5.95 Å². The summed E-state index contributed by atoms with van der Waals surface area (Å²) in [6, 6.07) is 1.78. The van der Waals surface area contributed by atoms with Crippen LogP contribution in [0.5, 0.6) is 11.5 Å². The number of rotatable bonds is 6. The van der Waals surface area contributed by atoms with E-state index >= 15 is 0 Å². The fourth-order valence-corrected chi connectivity index (χ4v) is 2.74. The SMILES string of the molecule is COc1cc(NC(=O)N[C@@H](C)c2ncnn2-c2ncccn2)c(C(F)(F)F)cc1OC. The average Bonchev–Trinajstić information content (AvgIpc) is 3.23. The van der Waals surface area contributed by atoms with Crippen LogP contribution in [0.25, 0.3) is 5.95 Å². The molecule has 0 fully saturated rings. The van der Waals surface area contributed by atoms with E-state index in [0.29, 0.717) is 0 Å². The minimum Gasteiger partial charge on any atom is -0.493 e. The molecule has 0 radical (unpaired) electrons. The fraction of sp³-hybridized carbons (Fsp3) is 0.278. The topological polar surface area (TPSA) is 116 Å². The van der Waals surface area contributed by atoms with Gasteiger partial charge >= 0.3 is 12.2 Å². The number of benzene rings is 1. The largest absolute Gasteiger partial charge is 0.493 e. The molecule has 31 heavy (non-hydrogen) atoms. The number of carbonyl (C=O) groups is 1. The summed E-state index contributed by atoms with van der Waals surface area (Å²) < 4.78 is 51.7. The smallest absolute Gasteiger partial charge is 0.418 e. The van der Waals surface area contributed by atoms with Crippen LogP contribution in [0.1, 0.15) is 24.4 Å². The zero-order chi connectivity index (χ0) is 22.6. The van der Waals surface area contributed by atoms with Gasteiger partial charge in [-0.15, -0.1) is 0 Å². The third-order valence-corrected chi connectivity index (χ3v) is 4.13. The number of hydrogen-bond acceptors (Lipinski definition) is 7. The van der Waals surface area contributed by atoms with E-state index < -0.39 is 29.5 Å². The number of ether oxygens (including phenoxy) is 2. The number of halogens is 3. The summed E-state index contributed by atoms with van der Waals surface area (Å²) in [4.78, 5) is 24.6. The van der Waals surface area contributed by atoms with Gasteiger partial charge in [-0.3, -0.25) is 0 Å². The zero-order valence-electron chi connectivity index (χ0n) is 16.6. The van der Waals surface area contributed by atoms with E-state index in [1.165, 1.54) is 37.6 Å². The number of amides is 2. The first-order valence-electron chi connectivity index (χ1n) is 8.82. The Morgan fingerprint density at radius 1 is 1.10 bits per heavy atom. The van der Waals surface area contributed by atoms with E-state index in [-0.39, 0.29) is 23.3 Å². The minimum atomic E-state index is -4.74. The second-order valence-electron chi connectivity index (χ2n) is 6.15. The minimum absolute atomic E-state index is 0.0276. The molecule has 1 aromatic carbocycles. The number of nitrogens with zero attached hydrogens (tertiary/aromatic N) is 5. The van der Waals surface area contributed by atoms with Gasteiger partial charge in [0.15, 0.2) is 17.3 Å². The number of urea groups is 1. The predicted molar refractivity (Wildman–Crippen MR) is 102 cm³/mol. The summed E-state index contributed by atoms with van der Waals surface area (Å²) in [7, 11) is 2.49. The lowest BCUT2D eigenvalue weighted by Crippen LogP contribution is -2.33. The maximum atomic E-state index is 13.5. The molecule has 0 bridgehead atoms. The molecule has 1 atom stereocenters. The van der Waals surface area contributed by atoms with Crippen LogP contribution in [0.15, 0.2) is 36.9 Å². The quantitative estimate of drug-likeness (QED) is 0.609. The number of alkyl halides is 3. The maximum absolute atomic E-state index is 13.5.